The summed E-state index contributed by atoms with van der Waals surface area (Å²) in [6.45, 7) is 2.28. The van der Waals surface area contributed by atoms with Crippen LogP contribution in [0.3, 0.4) is 0 Å². The highest BCUT2D eigenvalue weighted by Crippen LogP contribution is 2.40. The lowest BCUT2D eigenvalue weighted by atomic mass is 9.81. The van der Waals surface area contributed by atoms with Gasteiger partial charge in [-0.3, -0.25) is 14.6 Å². The van der Waals surface area contributed by atoms with Crippen LogP contribution in [0.2, 0.25) is 0 Å². The molecule has 2 N–H and O–H groups in total. The molecule has 2 aromatic heterocycles. The number of amides is 1. The highest BCUT2D eigenvalue weighted by Gasteiger charge is 2.42. The maximum atomic E-state index is 13.3. The fraction of sp³-hybridized carbons (Fsp3) is 0.174. The number of pyridine rings is 1. The SMILES string of the molecule is Cc1ccc([C@@]2(NC(=O)c3ccc4nsnc4c3)CCOc3cccnc32)cc1.O=CO. The third-order valence-corrected chi connectivity index (χ3v) is 5.85. The third kappa shape index (κ3) is 4.02. The quantitative estimate of drug-likeness (QED) is 0.461. The van der Waals surface area contributed by atoms with Crippen molar-refractivity contribution in [3.63, 3.8) is 0 Å². The highest BCUT2D eigenvalue weighted by molar-refractivity contribution is 7.00. The van der Waals surface area contributed by atoms with Crippen LogP contribution in [-0.4, -0.2) is 37.8 Å². The first-order chi connectivity index (χ1) is 15.6. The topological polar surface area (TPSA) is 114 Å². The number of rotatable bonds is 3. The maximum Gasteiger partial charge on any atom is 0.290 e. The Hall–Kier alpha value is -3.85. The normalized spacial score (nSPS) is 16.8. The van der Waals surface area contributed by atoms with Crippen molar-refractivity contribution in [1.29, 1.82) is 0 Å². The number of hydrogen-bond acceptors (Lipinski definition) is 7. The van der Waals surface area contributed by atoms with E-state index in [1.807, 2.05) is 49.4 Å². The van der Waals surface area contributed by atoms with Crippen molar-refractivity contribution < 1.29 is 19.4 Å². The Balaban J connectivity index is 0.000000775. The standard InChI is InChI=1S/C22H18N4O2S.CH2O2/c1-14-4-7-16(8-5-14)22(10-12-28-19-3-2-11-23-20(19)22)24-21(27)15-6-9-17-18(13-15)26-29-25-17;2-1-3/h2-9,11,13H,10,12H2,1H3,(H,24,27);1H,(H,2,3)/t22-;/m0./s1. The van der Waals surface area contributed by atoms with Crippen molar-refractivity contribution >= 4 is 35.1 Å². The molecule has 0 aliphatic carbocycles. The average molecular weight is 449 g/mol. The molecular formula is C23H20N4O4S. The second kappa shape index (κ2) is 9.11. The number of carbonyl (C=O) groups excluding carboxylic acids is 1. The molecule has 162 valence electrons. The molecule has 4 aromatic rings. The number of carboxylic acid groups (broad SMARTS) is 1. The molecule has 0 unspecified atom stereocenters. The van der Waals surface area contributed by atoms with Crippen LogP contribution in [0.5, 0.6) is 5.75 Å². The molecule has 1 aliphatic heterocycles. The van der Waals surface area contributed by atoms with E-state index in [2.05, 4.69) is 19.0 Å². The molecule has 0 bridgehead atoms. The number of ether oxygens (including phenoxy) is 1. The average Bonchev–Trinajstić information content (AvgIpc) is 3.28. The van der Waals surface area contributed by atoms with Gasteiger partial charge in [0.05, 0.1) is 18.3 Å². The zero-order chi connectivity index (χ0) is 22.6. The van der Waals surface area contributed by atoms with E-state index in [0.29, 0.717) is 24.3 Å². The van der Waals surface area contributed by atoms with Gasteiger partial charge in [-0.25, -0.2) is 0 Å². The molecular weight excluding hydrogens is 428 g/mol. The Morgan fingerprint density at radius 1 is 1.16 bits per heavy atom. The maximum absolute atomic E-state index is 13.3. The van der Waals surface area contributed by atoms with Gasteiger partial charge in [-0.05, 0) is 42.8 Å². The summed E-state index contributed by atoms with van der Waals surface area (Å²) in [5, 5.41) is 10.2. The van der Waals surface area contributed by atoms with Gasteiger partial charge in [0, 0.05) is 18.2 Å². The minimum Gasteiger partial charge on any atom is -0.491 e. The first-order valence-electron chi connectivity index (χ1n) is 9.85. The Morgan fingerprint density at radius 3 is 2.69 bits per heavy atom. The van der Waals surface area contributed by atoms with Crippen molar-refractivity contribution in [1.82, 2.24) is 19.0 Å². The fourth-order valence-corrected chi connectivity index (χ4v) is 4.28. The first kappa shape index (κ1) is 21.4. The van der Waals surface area contributed by atoms with Gasteiger partial charge in [-0.2, -0.15) is 8.75 Å². The van der Waals surface area contributed by atoms with Crippen LogP contribution in [0.1, 0.15) is 33.6 Å². The molecule has 0 saturated carbocycles. The third-order valence-electron chi connectivity index (χ3n) is 5.30. The van der Waals surface area contributed by atoms with Crippen LogP contribution < -0.4 is 10.1 Å². The minimum atomic E-state index is -0.769. The van der Waals surface area contributed by atoms with E-state index in [4.69, 9.17) is 14.6 Å². The summed E-state index contributed by atoms with van der Waals surface area (Å²) in [6.07, 6.45) is 2.32. The molecule has 5 rings (SSSR count). The van der Waals surface area contributed by atoms with Crippen molar-refractivity contribution in [2.75, 3.05) is 6.61 Å². The number of fused-ring (bicyclic) bond motifs is 2. The van der Waals surface area contributed by atoms with Crippen molar-refractivity contribution in [2.45, 2.75) is 18.9 Å². The molecule has 8 nitrogen and oxygen atoms in total. The molecule has 3 heterocycles. The summed E-state index contributed by atoms with van der Waals surface area (Å²) in [5.41, 5.74) is 4.14. The van der Waals surface area contributed by atoms with Gasteiger partial charge in [0.2, 0.25) is 0 Å². The summed E-state index contributed by atoms with van der Waals surface area (Å²) in [5.74, 6) is 0.512. The van der Waals surface area contributed by atoms with E-state index in [0.717, 1.165) is 39.6 Å². The number of carbonyl (C=O) groups is 2. The van der Waals surface area contributed by atoms with Crippen molar-refractivity contribution in [3.8, 4) is 5.75 Å². The molecule has 0 radical (unpaired) electrons. The predicted octanol–water partition coefficient (Wildman–Crippen LogP) is 3.55. The van der Waals surface area contributed by atoms with Gasteiger partial charge in [0.1, 0.15) is 28.0 Å². The van der Waals surface area contributed by atoms with E-state index in [1.165, 1.54) is 0 Å². The van der Waals surface area contributed by atoms with Crippen LogP contribution >= 0.6 is 11.7 Å². The summed E-state index contributed by atoms with van der Waals surface area (Å²) >= 11 is 1.14. The first-order valence-corrected chi connectivity index (χ1v) is 10.6. The Morgan fingerprint density at radius 2 is 1.91 bits per heavy atom. The summed E-state index contributed by atoms with van der Waals surface area (Å²) in [6, 6.07) is 17.3. The van der Waals surface area contributed by atoms with Crippen molar-refractivity contribution in [3.05, 3.63) is 83.2 Å². The largest absolute Gasteiger partial charge is 0.491 e. The molecule has 1 aliphatic rings. The zero-order valence-electron chi connectivity index (χ0n) is 17.2. The lowest BCUT2D eigenvalue weighted by Crippen LogP contribution is -2.50. The fourth-order valence-electron chi connectivity index (χ4n) is 3.76. The van der Waals surface area contributed by atoms with Crippen LogP contribution in [0, 0.1) is 6.92 Å². The molecule has 9 heteroatoms. The van der Waals surface area contributed by atoms with E-state index in [9.17, 15) is 4.79 Å². The summed E-state index contributed by atoms with van der Waals surface area (Å²) < 4.78 is 14.3. The van der Waals surface area contributed by atoms with E-state index >= 15 is 0 Å². The monoisotopic (exact) mass is 448 g/mol. The molecule has 0 saturated heterocycles. The molecule has 0 fully saturated rings. The number of nitrogens with zero attached hydrogens (tertiary/aromatic N) is 3. The lowest BCUT2D eigenvalue weighted by Gasteiger charge is -2.39. The Kier molecular flexibility index (Phi) is 6.09. The van der Waals surface area contributed by atoms with E-state index < -0.39 is 5.54 Å². The number of aryl methyl sites for hydroxylation is 1. The summed E-state index contributed by atoms with van der Waals surface area (Å²) in [4.78, 5) is 26.3. The van der Waals surface area contributed by atoms with Gasteiger partial charge in [0.25, 0.3) is 12.4 Å². The number of benzene rings is 2. The van der Waals surface area contributed by atoms with Crippen LogP contribution in [-0.2, 0) is 10.3 Å². The number of aromatic nitrogens is 3. The lowest BCUT2D eigenvalue weighted by molar-refractivity contribution is -0.122. The van der Waals surface area contributed by atoms with Gasteiger partial charge in [-0.15, -0.1) is 0 Å². The second-order valence-corrected chi connectivity index (χ2v) is 7.78. The predicted molar refractivity (Wildman–Crippen MR) is 120 cm³/mol. The van der Waals surface area contributed by atoms with Crippen LogP contribution in [0.15, 0.2) is 60.8 Å². The van der Waals surface area contributed by atoms with Gasteiger partial charge in [0.15, 0.2) is 0 Å². The summed E-state index contributed by atoms with van der Waals surface area (Å²) in [7, 11) is 0. The van der Waals surface area contributed by atoms with E-state index in [1.54, 1.807) is 18.3 Å². The molecule has 1 atom stereocenters. The molecule has 2 aromatic carbocycles. The second-order valence-electron chi connectivity index (χ2n) is 7.25. The van der Waals surface area contributed by atoms with Gasteiger partial charge >= 0.3 is 0 Å². The Labute approximate surface area is 188 Å². The molecule has 1 amide bonds. The highest BCUT2D eigenvalue weighted by atomic mass is 32.1. The molecule has 0 spiro atoms. The number of nitrogens with one attached hydrogen (secondary N) is 1. The molecule has 32 heavy (non-hydrogen) atoms. The Bertz CT molecular complexity index is 1260. The zero-order valence-corrected chi connectivity index (χ0v) is 18.0. The van der Waals surface area contributed by atoms with Crippen LogP contribution in [0.25, 0.3) is 11.0 Å². The van der Waals surface area contributed by atoms with E-state index in [-0.39, 0.29) is 12.4 Å². The number of hydrogen-bond donors (Lipinski definition) is 2. The van der Waals surface area contributed by atoms with Crippen molar-refractivity contribution in [2.24, 2.45) is 0 Å². The van der Waals surface area contributed by atoms with Gasteiger partial charge in [-0.1, -0.05) is 29.8 Å². The van der Waals surface area contributed by atoms with Crippen LogP contribution in [0.4, 0.5) is 0 Å². The minimum absolute atomic E-state index is 0.182. The smallest absolute Gasteiger partial charge is 0.290 e. The van der Waals surface area contributed by atoms with Gasteiger partial charge < -0.3 is 15.2 Å².